The van der Waals surface area contributed by atoms with Crippen LogP contribution in [0.15, 0.2) is 6.07 Å². The number of rotatable bonds is 5. The molecule has 1 aliphatic carbocycles. The van der Waals surface area contributed by atoms with E-state index in [0.717, 1.165) is 30.3 Å². The lowest BCUT2D eigenvalue weighted by molar-refractivity contribution is 0.628. The molecule has 0 aromatic carbocycles. The lowest BCUT2D eigenvalue weighted by atomic mass is 10.1. The summed E-state index contributed by atoms with van der Waals surface area (Å²) in [5.74, 6) is 1.69. The van der Waals surface area contributed by atoms with Crippen molar-refractivity contribution in [1.82, 2.24) is 15.3 Å². The molecule has 0 unspecified atom stereocenters. The third-order valence-corrected chi connectivity index (χ3v) is 3.38. The highest BCUT2D eigenvalue weighted by atomic mass is 14.9. The molecular weight excluding hydrogens is 210 g/mol. The van der Waals surface area contributed by atoms with Crippen molar-refractivity contribution >= 4 is 0 Å². The molecule has 0 amide bonds. The Morgan fingerprint density at radius 1 is 1.29 bits per heavy atom. The minimum Gasteiger partial charge on any atom is -0.311 e. The molecule has 2 rings (SSSR count). The van der Waals surface area contributed by atoms with Gasteiger partial charge in [-0.15, -0.1) is 0 Å². The van der Waals surface area contributed by atoms with Gasteiger partial charge in [0.2, 0.25) is 0 Å². The lowest BCUT2D eigenvalue weighted by Crippen LogP contribution is -2.16. The van der Waals surface area contributed by atoms with Gasteiger partial charge in [0.1, 0.15) is 5.82 Å². The summed E-state index contributed by atoms with van der Waals surface area (Å²) in [6, 6.07) is 2.10. The molecule has 0 spiro atoms. The number of nitrogens with zero attached hydrogens (tertiary/aromatic N) is 2. The predicted molar refractivity (Wildman–Crippen MR) is 70.0 cm³/mol. The molecule has 3 nitrogen and oxygen atoms in total. The Bertz CT molecular complexity index is 356. The average Bonchev–Trinajstić information content (AvgIpc) is 2.82. The topological polar surface area (TPSA) is 37.8 Å². The SMILES string of the molecule is CCCNCc1cc(C)nc(C2CCCC2)n1. The smallest absolute Gasteiger partial charge is 0.131 e. The third-order valence-electron chi connectivity index (χ3n) is 3.38. The second-order valence-electron chi connectivity index (χ2n) is 5.02. The highest BCUT2D eigenvalue weighted by Crippen LogP contribution is 2.32. The molecule has 1 saturated carbocycles. The van der Waals surface area contributed by atoms with Gasteiger partial charge in [-0.25, -0.2) is 9.97 Å². The van der Waals surface area contributed by atoms with E-state index in [9.17, 15) is 0 Å². The normalized spacial score (nSPS) is 16.6. The highest BCUT2D eigenvalue weighted by Gasteiger charge is 2.20. The molecule has 1 aliphatic rings. The largest absolute Gasteiger partial charge is 0.311 e. The molecule has 0 atom stereocenters. The van der Waals surface area contributed by atoms with Crippen LogP contribution in [-0.2, 0) is 6.54 Å². The molecule has 1 aromatic rings. The van der Waals surface area contributed by atoms with Crippen LogP contribution >= 0.6 is 0 Å². The van der Waals surface area contributed by atoms with Crippen LogP contribution in [0, 0.1) is 6.92 Å². The Morgan fingerprint density at radius 3 is 2.76 bits per heavy atom. The standard InChI is InChI=1S/C14H23N3/c1-3-8-15-10-13-9-11(2)16-14(17-13)12-6-4-5-7-12/h9,12,15H,3-8,10H2,1-2H3. The van der Waals surface area contributed by atoms with E-state index in [2.05, 4.69) is 30.2 Å². The maximum absolute atomic E-state index is 4.71. The van der Waals surface area contributed by atoms with Gasteiger partial charge < -0.3 is 5.32 Å². The molecular formula is C14H23N3. The van der Waals surface area contributed by atoms with Crippen molar-refractivity contribution < 1.29 is 0 Å². The Labute approximate surface area is 104 Å². The van der Waals surface area contributed by atoms with E-state index in [4.69, 9.17) is 4.98 Å². The third kappa shape index (κ3) is 3.50. The molecule has 1 aromatic heterocycles. The van der Waals surface area contributed by atoms with Crippen molar-refractivity contribution in [3.8, 4) is 0 Å². The first kappa shape index (κ1) is 12.5. The van der Waals surface area contributed by atoms with E-state index in [0.29, 0.717) is 5.92 Å². The van der Waals surface area contributed by atoms with Gasteiger partial charge in [0.15, 0.2) is 0 Å². The summed E-state index contributed by atoms with van der Waals surface area (Å²) < 4.78 is 0. The number of hydrogen-bond donors (Lipinski definition) is 1. The summed E-state index contributed by atoms with van der Waals surface area (Å²) >= 11 is 0. The Kier molecular flexibility index (Phi) is 4.49. The molecule has 0 saturated heterocycles. The fourth-order valence-electron chi connectivity index (χ4n) is 2.51. The van der Waals surface area contributed by atoms with Gasteiger partial charge in [-0.3, -0.25) is 0 Å². The van der Waals surface area contributed by atoms with Crippen molar-refractivity contribution in [3.63, 3.8) is 0 Å². The van der Waals surface area contributed by atoms with Crippen LogP contribution in [0.25, 0.3) is 0 Å². The van der Waals surface area contributed by atoms with Crippen LogP contribution < -0.4 is 5.32 Å². The molecule has 1 N–H and O–H groups in total. The van der Waals surface area contributed by atoms with Crippen molar-refractivity contribution in [2.75, 3.05) is 6.54 Å². The zero-order valence-corrected chi connectivity index (χ0v) is 11.0. The molecule has 0 aliphatic heterocycles. The molecule has 0 bridgehead atoms. The fourth-order valence-corrected chi connectivity index (χ4v) is 2.51. The van der Waals surface area contributed by atoms with E-state index in [-0.39, 0.29) is 0 Å². The number of aryl methyl sites for hydroxylation is 1. The maximum atomic E-state index is 4.71. The van der Waals surface area contributed by atoms with Gasteiger partial charge in [-0.05, 0) is 38.8 Å². The van der Waals surface area contributed by atoms with Crippen molar-refractivity contribution in [1.29, 1.82) is 0 Å². The highest BCUT2D eigenvalue weighted by molar-refractivity contribution is 5.13. The summed E-state index contributed by atoms with van der Waals surface area (Å²) in [5.41, 5.74) is 2.25. The fraction of sp³-hybridized carbons (Fsp3) is 0.714. The quantitative estimate of drug-likeness (QED) is 0.795. The van der Waals surface area contributed by atoms with Gasteiger partial charge in [0.25, 0.3) is 0 Å². The minimum absolute atomic E-state index is 0.611. The molecule has 17 heavy (non-hydrogen) atoms. The monoisotopic (exact) mass is 233 g/mol. The molecule has 1 fully saturated rings. The van der Waals surface area contributed by atoms with Crippen LogP contribution in [-0.4, -0.2) is 16.5 Å². The second-order valence-corrected chi connectivity index (χ2v) is 5.02. The van der Waals surface area contributed by atoms with Crippen LogP contribution in [0.4, 0.5) is 0 Å². The summed E-state index contributed by atoms with van der Waals surface area (Å²) in [6.07, 6.45) is 6.38. The van der Waals surface area contributed by atoms with E-state index >= 15 is 0 Å². The van der Waals surface area contributed by atoms with Crippen LogP contribution in [0.3, 0.4) is 0 Å². The van der Waals surface area contributed by atoms with Crippen LogP contribution in [0.2, 0.25) is 0 Å². The van der Waals surface area contributed by atoms with E-state index in [1.165, 1.54) is 32.1 Å². The zero-order chi connectivity index (χ0) is 12.1. The summed E-state index contributed by atoms with van der Waals surface area (Å²) in [7, 11) is 0. The second kappa shape index (κ2) is 6.10. The van der Waals surface area contributed by atoms with E-state index in [1.807, 2.05) is 0 Å². The first-order chi connectivity index (χ1) is 8.29. The molecule has 3 heteroatoms. The number of nitrogens with one attached hydrogen (secondary N) is 1. The van der Waals surface area contributed by atoms with Gasteiger partial charge in [-0.1, -0.05) is 19.8 Å². The predicted octanol–water partition coefficient (Wildman–Crippen LogP) is 2.94. The Morgan fingerprint density at radius 2 is 2.06 bits per heavy atom. The van der Waals surface area contributed by atoms with E-state index in [1.54, 1.807) is 0 Å². The summed E-state index contributed by atoms with van der Waals surface area (Å²) in [4.78, 5) is 9.32. The molecule has 0 radical (unpaired) electrons. The van der Waals surface area contributed by atoms with Crippen molar-refractivity contribution in [2.24, 2.45) is 0 Å². The van der Waals surface area contributed by atoms with Crippen LogP contribution in [0.5, 0.6) is 0 Å². The summed E-state index contributed by atoms with van der Waals surface area (Å²) in [5, 5.41) is 3.41. The first-order valence-electron chi connectivity index (χ1n) is 6.84. The van der Waals surface area contributed by atoms with Crippen molar-refractivity contribution in [2.45, 2.75) is 58.4 Å². The minimum atomic E-state index is 0.611. The zero-order valence-electron chi connectivity index (χ0n) is 11.0. The molecule has 1 heterocycles. The number of hydrogen-bond acceptors (Lipinski definition) is 3. The summed E-state index contributed by atoms with van der Waals surface area (Å²) in [6.45, 7) is 6.18. The van der Waals surface area contributed by atoms with Gasteiger partial charge in [-0.2, -0.15) is 0 Å². The Hall–Kier alpha value is -0.960. The maximum Gasteiger partial charge on any atom is 0.131 e. The van der Waals surface area contributed by atoms with Crippen LogP contribution in [0.1, 0.15) is 62.2 Å². The van der Waals surface area contributed by atoms with E-state index < -0.39 is 0 Å². The first-order valence-corrected chi connectivity index (χ1v) is 6.84. The molecule has 94 valence electrons. The van der Waals surface area contributed by atoms with Gasteiger partial charge in [0.05, 0.1) is 5.69 Å². The Balaban J connectivity index is 2.05. The van der Waals surface area contributed by atoms with Crippen molar-refractivity contribution in [3.05, 3.63) is 23.3 Å². The van der Waals surface area contributed by atoms with Gasteiger partial charge >= 0.3 is 0 Å². The van der Waals surface area contributed by atoms with Gasteiger partial charge in [0, 0.05) is 18.2 Å². The average molecular weight is 233 g/mol. The lowest BCUT2D eigenvalue weighted by Gasteiger charge is -2.11. The number of aromatic nitrogens is 2.